The molecule has 0 atom stereocenters. The summed E-state index contributed by atoms with van der Waals surface area (Å²) >= 11 is 0. The lowest BCUT2D eigenvalue weighted by atomic mass is 10.3. The maximum absolute atomic E-state index is 11.2. The summed E-state index contributed by atoms with van der Waals surface area (Å²) < 4.78 is 4.94. The van der Waals surface area contributed by atoms with E-state index in [1.54, 1.807) is 24.3 Å². The largest absolute Gasteiger partial charge is 0.449 e. The maximum Gasteiger partial charge on any atom is 0.411 e. The molecule has 0 saturated heterocycles. The Balaban J connectivity index is 0.00000225. The van der Waals surface area contributed by atoms with Crippen molar-refractivity contribution in [3.63, 3.8) is 0 Å². The van der Waals surface area contributed by atoms with Gasteiger partial charge in [0.15, 0.2) is 0 Å². The minimum atomic E-state index is -0.423. The number of unbranched alkanes of at least 4 members (excludes halogenated alkanes) is 1. The molecule has 5 heteroatoms. The summed E-state index contributed by atoms with van der Waals surface area (Å²) in [6, 6.07) is 6.91. The van der Waals surface area contributed by atoms with Crippen molar-refractivity contribution in [2.45, 2.75) is 19.8 Å². The number of benzene rings is 1. The number of carbonyl (C=O) groups excluding carboxylic acids is 1. The van der Waals surface area contributed by atoms with Crippen LogP contribution in [0.5, 0.6) is 0 Å². The van der Waals surface area contributed by atoms with Gasteiger partial charge in [0.2, 0.25) is 0 Å². The van der Waals surface area contributed by atoms with Crippen molar-refractivity contribution in [3.05, 3.63) is 24.3 Å². The van der Waals surface area contributed by atoms with Crippen LogP contribution >= 0.6 is 12.4 Å². The minimum absolute atomic E-state index is 0. The molecule has 4 nitrogen and oxygen atoms in total. The van der Waals surface area contributed by atoms with Gasteiger partial charge in [-0.3, -0.25) is 5.32 Å². The molecule has 1 aromatic carbocycles. The Kier molecular flexibility index (Phi) is 7.12. The molecular weight excluding hydrogens is 228 g/mol. The Hall–Kier alpha value is -1.42. The smallest absolute Gasteiger partial charge is 0.411 e. The number of hydrogen-bond acceptors (Lipinski definition) is 3. The van der Waals surface area contributed by atoms with E-state index in [0.717, 1.165) is 12.8 Å². The lowest BCUT2D eigenvalue weighted by Gasteiger charge is -2.06. The van der Waals surface area contributed by atoms with Crippen molar-refractivity contribution in [1.29, 1.82) is 0 Å². The summed E-state index contributed by atoms with van der Waals surface area (Å²) in [6.45, 7) is 2.50. The van der Waals surface area contributed by atoms with Gasteiger partial charge in [0, 0.05) is 11.4 Å². The predicted molar refractivity (Wildman–Crippen MR) is 68.0 cm³/mol. The topological polar surface area (TPSA) is 64.3 Å². The first-order valence-electron chi connectivity index (χ1n) is 5.01. The lowest BCUT2D eigenvalue weighted by molar-refractivity contribution is 0.160. The molecule has 0 aromatic heterocycles. The van der Waals surface area contributed by atoms with E-state index in [-0.39, 0.29) is 12.4 Å². The number of anilines is 2. The highest BCUT2D eigenvalue weighted by Crippen LogP contribution is 2.10. The molecule has 0 radical (unpaired) electrons. The number of rotatable bonds is 4. The fourth-order valence-electron chi connectivity index (χ4n) is 1.03. The van der Waals surface area contributed by atoms with Gasteiger partial charge in [-0.25, -0.2) is 4.79 Å². The fourth-order valence-corrected chi connectivity index (χ4v) is 1.03. The van der Waals surface area contributed by atoms with Gasteiger partial charge < -0.3 is 10.5 Å². The van der Waals surface area contributed by atoms with Crippen molar-refractivity contribution < 1.29 is 9.53 Å². The molecule has 3 N–H and O–H groups in total. The molecule has 0 spiro atoms. The van der Waals surface area contributed by atoms with Crippen molar-refractivity contribution in [1.82, 2.24) is 0 Å². The van der Waals surface area contributed by atoms with Crippen LogP contribution in [-0.4, -0.2) is 12.7 Å². The van der Waals surface area contributed by atoms with Crippen LogP contribution < -0.4 is 11.1 Å². The molecule has 1 rings (SSSR count). The molecule has 0 fully saturated rings. The van der Waals surface area contributed by atoms with Crippen LogP contribution in [0.3, 0.4) is 0 Å². The number of carbonyl (C=O) groups is 1. The Labute approximate surface area is 102 Å². The number of halogens is 1. The predicted octanol–water partition coefficient (Wildman–Crippen LogP) is 3.04. The summed E-state index contributed by atoms with van der Waals surface area (Å²) in [5, 5.41) is 2.61. The van der Waals surface area contributed by atoms with Crippen LogP contribution in [0.15, 0.2) is 24.3 Å². The summed E-state index contributed by atoms with van der Waals surface area (Å²) in [5.41, 5.74) is 6.86. The maximum atomic E-state index is 11.2. The SMILES string of the molecule is CCCCOC(=O)Nc1ccc(N)cc1.Cl. The van der Waals surface area contributed by atoms with E-state index in [4.69, 9.17) is 10.5 Å². The van der Waals surface area contributed by atoms with Crippen LogP contribution in [0, 0.1) is 0 Å². The van der Waals surface area contributed by atoms with Crippen molar-refractivity contribution in [2.24, 2.45) is 0 Å². The third kappa shape index (κ3) is 5.46. The van der Waals surface area contributed by atoms with Crippen LogP contribution in [0.25, 0.3) is 0 Å². The second kappa shape index (κ2) is 7.82. The summed E-state index contributed by atoms with van der Waals surface area (Å²) in [5.74, 6) is 0. The van der Waals surface area contributed by atoms with Gasteiger partial charge in [-0.1, -0.05) is 13.3 Å². The number of amides is 1. The highest BCUT2D eigenvalue weighted by Gasteiger charge is 2.01. The molecule has 0 saturated carbocycles. The van der Waals surface area contributed by atoms with E-state index >= 15 is 0 Å². The zero-order chi connectivity index (χ0) is 11.1. The molecule has 0 bridgehead atoms. The first-order valence-corrected chi connectivity index (χ1v) is 5.01. The van der Waals surface area contributed by atoms with Gasteiger partial charge in [0.25, 0.3) is 0 Å². The van der Waals surface area contributed by atoms with E-state index in [9.17, 15) is 4.79 Å². The average molecular weight is 245 g/mol. The quantitative estimate of drug-likeness (QED) is 0.632. The highest BCUT2D eigenvalue weighted by molar-refractivity contribution is 5.85. The molecule has 0 aliphatic rings. The summed E-state index contributed by atoms with van der Waals surface area (Å²) in [7, 11) is 0. The van der Waals surface area contributed by atoms with Gasteiger partial charge in [-0.15, -0.1) is 12.4 Å². The van der Waals surface area contributed by atoms with E-state index in [1.165, 1.54) is 0 Å². The van der Waals surface area contributed by atoms with E-state index < -0.39 is 6.09 Å². The number of hydrogen-bond donors (Lipinski definition) is 2. The van der Waals surface area contributed by atoms with Crippen molar-refractivity contribution in [2.75, 3.05) is 17.7 Å². The molecule has 0 heterocycles. The Bertz CT molecular complexity index is 314. The second-order valence-electron chi connectivity index (χ2n) is 3.24. The van der Waals surface area contributed by atoms with Gasteiger partial charge >= 0.3 is 6.09 Å². The molecule has 0 unspecified atom stereocenters. The zero-order valence-corrected chi connectivity index (χ0v) is 10.0. The monoisotopic (exact) mass is 244 g/mol. The Morgan fingerprint density at radius 2 is 2.00 bits per heavy atom. The summed E-state index contributed by atoms with van der Waals surface area (Å²) in [6.07, 6.45) is 1.47. The molecule has 0 aliphatic heterocycles. The molecule has 16 heavy (non-hydrogen) atoms. The third-order valence-electron chi connectivity index (χ3n) is 1.89. The van der Waals surface area contributed by atoms with Crippen LogP contribution in [0.4, 0.5) is 16.2 Å². The second-order valence-corrected chi connectivity index (χ2v) is 3.24. The van der Waals surface area contributed by atoms with Gasteiger partial charge in [0.05, 0.1) is 6.61 Å². The van der Waals surface area contributed by atoms with Gasteiger partial charge in [0.1, 0.15) is 0 Å². The van der Waals surface area contributed by atoms with Crippen LogP contribution in [0.2, 0.25) is 0 Å². The van der Waals surface area contributed by atoms with Gasteiger partial charge in [-0.2, -0.15) is 0 Å². The van der Waals surface area contributed by atoms with E-state index in [2.05, 4.69) is 5.32 Å². The van der Waals surface area contributed by atoms with Crippen molar-refractivity contribution >= 4 is 29.9 Å². The Morgan fingerprint density at radius 3 is 2.56 bits per heavy atom. The lowest BCUT2D eigenvalue weighted by Crippen LogP contribution is -2.14. The molecule has 90 valence electrons. The number of ether oxygens (including phenoxy) is 1. The highest BCUT2D eigenvalue weighted by atomic mass is 35.5. The first-order chi connectivity index (χ1) is 7.22. The number of nitrogen functional groups attached to an aromatic ring is 1. The van der Waals surface area contributed by atoms with E-state index in [1.807, 2.05) is 6.92 Å². The molecule has 1 amide bonds. The van der Waals surface area contributed by atoms with Gasteiger partial charge in [-0.05, 0) is 30.7 Å². The number of nitrogens with one attached hydrogen (secondary N) is 1. The third-order valence-corrected chi connectivity index (χ3v) is 1.89. The number of nitrogens with two attached hydrogens (primary N) is 1. The van der Waals surface area contributed by atoms with Crippen molar-refractivity contribution in [3.8, 4) is 0 Å². The minimum Gasteiger partial charge on any atom is -0.449 e. The summed E-state index contributed by atoms with van der Waals surface area (Å²) in [4.78, 5) is 11.2. The van der Waals surface area contributed by atoms with Crippen LogP contribution in [-0.2, 0) is 4.74 Å². The fraction of sp³-hybridized carbons (Fsp3) is 0.364. The normalized spacial score (nSPS) is 9.06. The first kappa shape index (κ1) is 14.6. The molecule has 0 aliphatic carbocycles. The molecular formula is C11H17ClN2O2. The van der Waals surface area contributed by atoms with E-state index in [0.29, 0.717) is 18.0 Å². The van der Waals surface area contributed by atoms with Crippen LogP contribution in [0.1, 0.15) is 19.8 Å². The average Bonchev–Trinajstić information content (AvgIpc) is 2.22. The Morgan fingerprint density at radius 1 is 1.38 bits per heavy atom. The standard InChI is InChI=1S/C11H16N2O2.ClH/c1-2-3-8-15-11(14)13-10-6-4-9(12)5-7-10;/h4-7H,2-3,8,12H2,1H3,(H,13,14);1H. The zero-order valence-electron chi connectivity index (χ0n) is 9.23. The molecule has 1 aromatic rings.